The van der Waals surface area contributed by atoms with E-state index >= 15 is 0 Å². The van der Waals surface area contributed by atoms with Crippen LogP contribution in [0.2, 0.25) is 0 Å². The van der Waals surface area contributed by atoms with E-state index in [-0.39, 0.29) is 17.7 Å². The Labute approximate surface area is 103 Å². The number of rotatable bonds is 3. The van der Waals surface area contributed by atoms with E-state index in [9.17, 15) is 9.59 Å². The fraction of sp³-hybridized carbons (Fsp3) is 0.846. The van der Waals surface area contributed by atoms with Crippen LogP contribution in [-0.4, -0.2) is 23.5 Å². The Hall–Kier alpha value is -1.06. The first-order chi connectivity index (χ1) is 7.83. The quantitative estimate of drug-likeness (QED) is 0.826. The summed E-state index contributed by atoms with van der Waals surface area (Å²) < 4.78 is 5.20. The van der Waals surface area contributed by atoms with Crippen molar-refractivity contribution in [1.82, 2.24) is 5.32 Å². The van der Waals surface area contributed by atoms with Crippen LogP contribution in [0.15, 0.2) is 0 Å². The normalized spacial score (nSPS) is 24.5. The monoisotopic (exact) mass is 241 g/mol. The van der Waals surface area contributed by atoms with Crippen LogP contribution in [0.4, 0.5) is 4.79 Å². The lowest BCUT2D eigenvalue weighted by atomic mass is 9.97. The molecule has 0 heterocycles. The minimum absolute atomic E-state index is 0.0208. The summed E-state index contributed by atoms with van der Waals surface area (Å²) in [6, 6.07) is -0.0442. The van der Waals surface area contributed by atoms with E-state index < -0.39 is 11.7 Å². The Morgan fingerprint density at radius 1 is 1.29 bits per heavy atom. The average Bonchev–Trinajstić information content (AvgIpc) is 2.61. The third-order valence-corrected chi connectivity index (χ3v) is 2.98. The molecule has 1 aliphatic carbocycles. The van der Waals surface area contributed by atoms with Gasteiger partial charge in [0.05, 0.1) is 0 Å². The van der Waals surface area contributed by atoms with Crippen molar-refractivity contribution in [2.24, 2.45) is 5.92 Å². The maximum absolute atomic E-state index is 11.7. The predicted octanol–water partition coefficient (Wildman–Crippen LogP) is 2.66. The first kappa shape index (κ1) is 14.0. The highest BCUT2D eigenvalue weighted by Crippen LogP contribution is 2.27. The summed E-state index contributed by atoms with van der Waals surface area (Å²) in [4.78, 5) is 23.3. The summed E-state index contributed by atoms with van der Waals surface area (Å²) in [5.41, 5.74) is -0.493. The lowest BCUT2D eigenvalue weighted by molar-refractivity contribution is -0.122. The summed E-state index contributed by atoms with van der Waals surface area (Å²) in [7, 11) is 0. The van der Waals surface area contributed by atoms with Crippen molar-refractivity contribution in [1.29, 1.82) is 0 Å². The van der Waals surface area contributed by atoms with E-state index in [1.165, 1.54) is 0 Å². The number of hydrogen-bond donors (Lipinski definition) is 1. The van der Waals surface area contributed by atoms with E-state index in [0.717, 1.165) is 19.3 Å². The van der Waals surface area contributed by atoms with Crippen LogP contribution >= 0.6 is 0 Å². The van der Waals surface area contributed by atoms with E-state index in [1.807, 2.05) is 27.7 Å². The van der Waals surface area contributed by atoms with Crippen molar-refractivity contribution in [3.05, 3.63) is 0 Å². The maximum atomic E-state index is 11.7. The highest BCUT2D eigenvalue weighted by molar-refractivity contribution is 5.82. The standard InChI is InChI=1S/C13H23NO3/c1-5-11(15)9-7-6-8-10(9)14-12(16)17-13(2,3)4/h9-10H,5-8H2,1-4H3,(H,14,16)/t9-,10+/m0/s1. The van der Waals surface area contributed by atoms with Gasteiger partial charge in [-0.05, 0) is 33.6 Å². The fourth-order valence-electron chi connectivity index (χ4n) is 2.24. The van der Waals surface area contributed by atoms with Crippen molar-refractivity contribution in [2.45, 2.75) is 65.0 Å². The molecule has 0 unspecified atom stereocenters. The van der Waals surface area contributed by atoms with Crippen molar-refractivity contribution in [3.8, 4) is 0 Å². The van der Waals surface area contributed by atoms with Gasteiger partial charge in [-0.1, -0.05) is 13.3 Å². The van der Waals surface area contributed by atoms with Gasteiger partial charge in [0.25, 0.3) is 0 Å². The topological polar surface area (TPSA) is 55.4 Å². The van der Waals surface area contributed by atoms with Gasteiger partial charge in [0.2, 0.25) is 0 Å². The van der Waals surface area contributed by atoms with Gasteiger partial charge in [0.15, 0.2) is 0 Å². The highest BCUT2D eigenvalue weighted by atomic mass is 16.6. The first-order valence-electron chi connectivity index (χ1n) is 6.35. The van der Waals surface area contributed by atoms with E-state index in [1.54, 1.807) is 0 Å². The molecule has 0 aromatic rings. The van der Waals surface area contributed by atoms with Crippen molar-refractivity contribution >= 4 is 11.9 Å². The second-order valence-electron chi connectivity index (χ2n) is 5.61. The molecule has 0 aromatic carbocycles. The Kier molecular flexibility index (Phi) is 4.54. The van der Waals surface area contributed by atoms with Gasteiger partial charge in [-0.2, -0.15) is 0 Å². The lowest BCUT2D eigenvalue weighted by Crippen LogP contribution is -2.42. The predicted molar refractivity (Wildman–Crippen MR) is 65.8 cm³/mol. The van der Waals surface area contributed by atoms with Crippen LogP contribution in [-0.2, 0) is 9.53 Å². The molecule has 0 bridgehead atoms. The number of amides is 1. The van der Waals surface area contributed by atoms with Crippen LogP contribution < -0.4 is 5.32 Å². The second-order valence-corrected chi connectivity index (χ2v) is 5.61. The Morgan fingerprint density at radius 3 is 2.47 bits per heavy atom. The lowest BCUT2D eigenvalue weighted by Gasteiger charge is -2.24. The molecule has 2 atom stereocenters. The largest absolute Gasteiger partial charge is 0.444 e. The molecule has 1 fully saturated rings. The number of carbonyl (C=O) groups excluding carboxylic acids is 2. The Balaban J connectivity index is 2.50. The number of ketones is 1. The molecule has 1 aliphatic rings. The van der Waals surface area contributed by atoms with Crippen molar-refractivity contribution in [2.75, 3.05) is 0 Å². The van der Waals surface area contributed by atoms with Crippen LogP contribution in [0.25, 0.3) is 0 Å². The highest BCUT2D eigenvalue weighted by Gasteiger charge is 2.33. The molecule has 0 aliphatic heterocycles. The summed E-state index contributed by atoms with van der Waals surface area (Å²) >= 11 is 0. The van der Waals surface area contributed by atoms with Gasteiger partial charge in [-0.3, -0.25) is 4.79 Å². The maximum Gasteiger partial charge on any atom is 0.407 e. The summed E-state index contributed by atoms with van der Waals surface area (Å²) in [6.07, 6.45) is 2.87. The van der Waals surface area contributed by atoms with Crippen LogP contribution in [0.5, 0.6) is 0 Å². The van der Waals surface area contributed by atoms with E-state index in [4.69, 9.17) is 4.74 Å². The number of Topliss-reactive ketones (excluding diaryl/α,β-unsaturated/α-hetero) is 1. The molecular formula is C13H23NO3. The molecule has 0 saturated heterocycles. The second kappa shape index (κ2) is 5.52. The number of carbonyl (C=O) groups is 2. The molecule has 0 radical (unpaired) electrons. The van der Waals surface area contributed by atoms with Gasteiger partial charge >= 0.3 is 6.09 Å². The third-order valence-electron chi connectivity index (χ3n) is 2.98. The van der Waals surface area contributed by atoms with Crippen LogP contribution in [0, 0.1) is 5.92 Å². The molecule has 1 amide bonds. The minimum atomic E-state index is -0.493. The number of hydrogen-bond acceptors (Lipinski definition) is 3. The summed E-state index contributed by atoms with van der Waals surface area (Å²) in [5, 5.41) is 2.82. The number of nitrogens with one attached hydrogen (secondary N) is 1. The minimum Gasteiger partial charge on any atom is -0.444 e. The van der Waals surface area contributed by atoms with Crippen LogP contribution in [0.1, 0.15) is 53.4 Å². The molecule has 1 rings (SSSR count). The van der Waals surface area contributed by atoms with Gasteiger partial charge < -0.3 is 10.1 Å². The molecule has 4 nitrogen and oxygen atoms in total. The first-order valence-corrected chi connectivity index (χ1v) is 6.35. The Morgan fingerprint density at radius 2 is 1.94 bits per heavy atom. The van der Waals surface area contributed by atoms with Crippen molar-refractivity contribution in [3.63, 3.8) is 0 Å². The molecule has 4 heteroatoms. The average molecular weight is 241 g/mol. The van der Waals surface area contributed by atoms with Gasteiger partial charge in [-0.25, -0.2) is 4.79 Å². The summed E-state index contributed by atoms with van der Waals surface area (Å²) in [5.74, 6) is 0.219. The van der Waals surface area contributed by atoms with Gasteiger partial charge in [0, 0.05) is 18.4 Å². The number of ether oxygens (including phenoxy) is 1. The zero-order chi connectivity index (χ0) is 13.1. The van der Waals surface area contributed by atoms with Crippen LogP contribution in [0.3, 0.4) is 0 Å². The molecule has 1 N–H and O–H groups in total. The smallest absolute Gasteiger partial charge is 0.407 e. The Bertz CT molecular complexity index is 294. The van der Waals surface area contributed by atoms with E-state index in [0.29, 0.717) is 6.42 Å². The molecular weight excluding hydrogens is 218 g/mol. The molecule has 1 saturated carbocycles. The number of alkyl carbamates (subject to hydrolysis) is 1. The fourth-order valence-corrected chi connectivity index (χ4v) is 2.24. The molecule has 0 spiro atoms. The molecule has 0 aromatic heterocycles. The third kappa shape index (κ3) is 4.36. The molecule has 98 valence electrons. The van der Waals surface area contributed by atoms with Gasteiger partial charge in [-0.15, -0.1) is 0 Å². The molecule has 17 heavy (non-hydrogen) atoms. The zero-order valence-corrected chi connectivity index (χ0v) is 11.2. The zero-order valence-electron chi connectivity index (χ0n) is 11.2. The summed E-state index contributed by atoms with van der Waals surface area (Å²) in [6.45, 7) is 7.35. The van der Waals surface area contributed by atoms with E-state index in [2.05, 4.69) is 5.32 Å². The van der Waals surface area contributed by atoms with Crippen molar-refractivity contribution < 1.29 is 14.3 Å². The SMILES string of the molecule is CCC(=O)[C@H]1CCC[C@H]1NC(=O)OC(C)(C)C. The van der Waals surface area contributed by atoms with Gasteiger partial charge in [0.1, 0.15) is 11.4 Å².